The second-order valence-corrected chi connectivity index (χ2v) is 10.0. The Kier molecular flexibility index (Phi) is 12.3. The second kappa shape index (κ2) is 16.1. The number of aliphatic hydroxyl groups is 1. The van der Waals surface area contributed by atoms with Crippen LogP contribution in [-0.2, 0) is 21.4 Å². The fraction of sp³-hybridized carbons (Fsp3) is 0.281. The third-order valence-electron chi connectivity index (χ3n) is 7.55. The number of carboxylic acid groups (broad SMARTS) is 2. The van der Waals surface area contributed by atoms with Crippen molar-refractivity contribution in [1.82, 2.24) is 15.6 Å². The summed E-state index contributed by atoms with van der Waals surface area (Å²) in [6.45, 7) is 2.27. The van der Waals surface area contributed by atoms with E-state index >= 15 is 0 Å². The SMILES string of the molecule is O=CO.O=CO.O=c1ccc2c([C@@H](O)CNCCc3ccc(O)c(C4(c5ccccc5)CCNCC4)c3)ccc(O)c2[nH]1. The van der Waals surface area contributed by atoms with Gasteiger partial charge >= 0.3 is 0 Å². The van der Waals surface area contributed by atoms with E-state index in [2.05, 4.69) is 45.9 Å². The van der Waals surface area contributed by atoms with Crippen molar-refractivity contribution in [2.45, 2.75) is 30.8 Å². The molecule has 228 valence electrons. The number of fused-ring (bicyclic) bond motifs is 1. The lowest BCUT2D eigenvalue weighted by molar-refractivity contribution is -0.123. The first-order valence-electron chi connectivity index (χ1n) is 13.8. The number of phenolic OH excluding ortho intramolecular Hbond substituents is 2. The van der Waals surface area contributed by atoms with Crippen LogP contribution in [0.25, 0.3) is 10.9 Å². The molecule has 0 bridgehead atoms. The molecule has 1 atom stereocenters. The predicted molar refractivity (Wildman–Crippen MR) is 163 cm³/mol. The second-order valence-electron chi connectivity index (χ2n) is 10.0. The van der Waals surface area contributed by atoms with Crippen LogP contribution in [0.1, 0.15) is 41.2 Å². The maximum absolute atomic E-state index is 11.6. The average molecular weight is 592 g/mol. The summed E-state index contributed by atoms with van der Waals surface area (Å²) in [5.74, 6) is 0.303. The maximum Gasteiger partial charge on any atom is 0.290 e. The average Bonchev–Trinajstić information content (AvgIpc) is 3.02. The molecule has 0 saturated carbocycles. The van der Waals surface area contributed by atoms with E-state index in [1.54, 1.807) is 18.2 Å². The Hall–Kier alpha value is -4.71. The highest BCUT2D eigenvalue weighted by atomic mass is 16.3. The first kappa shape index (κ1) is 32.8. The summed E-state index contributed by atoms with van der Waals surface area (Å²) in [7, 11) is 0. The van der Waals surface area contributed by atoms with E-state index < -0.39 is 6.10 Å². The Labute approximate surface area is 248 Å². The number of aromatic hydroxyl groups is 2. The first-order chi connectivity index (χ1) is 20.8. The van der Waals surface area contributed by atoms with Crippen molar-refractivity contribution >= 4 is 23.8 Å². The molecule has 1 saturated heterocycles. The number of carbonyl (C=O) groups is 2. The molecule has 3 aromatic carbocycles. The molecule has 0 radical (unpaired) electrons. The molecule has 1 aliphatic rings. The van der Waals surface area contributed by atoms with Crippen molar-refractivity contribution in [1.29, 1.82) is 0 Å². The van der Waals surface area contributed by atoms with Crippen molar-refractivity contribution in [3.8, 4) is 11.5 Å². The molecule has 8 N–H and O–H groups in total. The van der Waals surface area contributed by atoms with Crippen molar-refractivity contribution in [3.05, 3.63) is 105 Å². The monoisotopic (exact) mass is 591 g/mol. The highest BCUT2D eigenvalue weighted by molar-refractivity contribution is 5.87. The number of benzene rings is 3. The van der Waals surface area contributed by atoms with Gasteiger partial charge in [-0.25, -0.2) is 0 Å². The number of pyridine rings is 1. The van der Waals surface area contributed by atoms with E-state index in [0.29, 0.717) is 35.3 Å². The Morgan fingerprint density at radius 1 is 0.884 bits per heavy atom. The number of aliphatic hydroxyl groups excluding tert-OH is 1. The van der Waals surface area contributed by atoms with Gasteiger partial charge in [0.1, 0.15) is 11.5 Å². The quantitative estimate of drug-likeness (QED) is 0.112. The lowest BCUT2D eigenvalue weighted by Gasteiger charge is -2.39. The van der Waals surface area contributed by atoms with Crippen LogP contribution in [-0.4, -0.2) is 69.6 Å². The number of nitrogens with one attached hydrogen (secondary N) is 3. The van der Waals surface area contributed by atoms with Crippen molar-refractivity contribution in [2.24, 2.45) is 0 Å². The van der Waals surface area contributed by atoms with Crippen molar-refractivity contribution < 1.29 is 35.1 Å². The predicted octanol–water partition coefficient (Wildman–Crippen LogP) is 2.88. The molecule has 2 heterocycles. The van der Waals surface area contributed by atoms with Crippen LogP contribution in [0.2, 0.25) is 0 Å². The molecule has 1 aromatic heterocycles. The Morgan fingerprint density at radius 3 is 2.21 bits per heavy atom. The molecular weight excluding hydrogens is 554 g/mol. The highest BCUT2D eigenvalue weighted by Crippen LogP contribution is 2.44. The van der Waals surface area contributed by atoms with Crippen LogP contribution in [0.3, 0.4) is 0 Å². The fourth-order valence-corrected chi connectivity index (χ4v) is 5.58. The van der Waals surface area contributed by atoms with Gasteiger partial charge in [-0.3, -0.25) is 14.4 Å². The number of hydrogen-bond donors (Lipinski definition) is 8. The van der Waals surface area contributed by atoms with Gasteiger partial charge in [0.15, 0.2) is 0 Å². The van der Waals surface area contributed by atoms with Crippen LogP contribution < -0.4 is 16.2 Å². The van der Waals surface area contributed by atoms with Crippen LogP contribution in [0.4, 0.5) is 0 Å². The summed E-state index contributed by atoms with van der Waals surface area (Å²) >= 11 is 0. The summed E-state index contributed by atoms with van der Waals surface area (Å²) in [4.78, 5) is 31.0. The van der Waals surface area contributed by atoms with Gasteiger partial charge in [-0.05, 0) is 73.8 Å². The van der Waals surface area contributed by atoms with Crippen LogP contribution >= 0.6 is 0 Å². The van der Waals surface area contributed by atoms with Crippen molar-refractivity contribution in [2.75, 3.05) is 26.2 Å². The zero-order valence-corrected chi connectivity index (χ0v) is 23.6. The number of hydrogen-bond acceptors (Lipinski definition) is 8. The minimum Gasteiger partial charge on any atom is -0.508 e. The molecule has 0 amide bonds. The van der Waals surface area contributed by atoms with Gasteiger partial charge in [0.25, 0.3) is 12.9 Å². The number of aromatic nitrogens is 1. The van der Waals surface area contributed by atoms with Gasteiger partial charge in [-0.1, -0.05) is 48.5 Å². The van der Waals surface area contributed by atoms with Gasteiger partial charge in [-0.2, -0.15) is 0 Å². The van der Waals surface area contributed by atoms with Crippen molar-refractivity contribution in [3.63, 3.8) is 0 Å². The van der Waals surface area contributed by atoms with E-state index in [1.165, 1.54) is 17.7 Å². The molecule has 11 nitrogen and oxygen atoms in total. The minimum absolute atomic E-state index is 0.0261. The molecule has 0 spiro atoms. The molecule has 11 heteroatoms. The molecule has 5 rings (SSSR count). The summed E-state index contributed by atoms with van der Waals surface area (Å²) in [5, 5.41) is 53.0. The normalized spacial score (nSPS) is 14.3. The fourth-order valence-electron chi connectivity index (χ4n) is 5.58. The first-order valence-corrected chi connectivity index (χ1v) is 13.8. The van der Waals surface area contributed by atoms with Crippen LogP contribution in [0.5, 0.6) is 11.5 Å². The Morgan fingerprint density at radius 2 is 1.53 bits per heavy atom. The van der Waals surface area contributed by atoms with E-state index in [9.17, 15) is 20.1 Å². The standard InChI is InChI=1S/C30H33N3O4.2CH2O2/c34-25-9-6-20(18-24(25)30(13-16-31-17-14-30)21-4-2-1-3-5-21)12-15-32-19-27(36)22-7-10-26(35)29-23(22)8-11-28(37)33-29;2*2-1-3/h1-11,18,27,31-32,34-36H,12-17,19H2,(H,33,37);2*1H,(H,2,3)/t27-;;/m0../s1. The summed E-state index contributed by atoms with van der Waals surface area (Å²) in [6, 6.07) is 22.5. The van der Waals surface area contributed by atoms with Gasteiger partial charge < -0.3 is 41.2 Å². The number of aromatic amines is 1. The molecule has 0 unspecified atom stereocenters. The molecular formula is C32H37N3O8. The number of piperidine rings is 1. The van der Waals surface area contributed by atoms with Gasteiger partial charge in [0.2, 0.25) is 5.56 Å². The summed E-state index contributed by atoms with van der Waals surface area (Å²) < 4.78 is 0. The maximum atomic E-state index is 11.6. The van der Waals surface area contributed by atoms with Crippen LogP contribution in [0, 0.1) is 0 Å². The van der Waals surface area contributed by atoms with Gasteiger partial charge in [0, 0.05) is 29.0 Å². The molecule has 43 heavy (non-hydrogen) atoms. The molecule has 1 aliphatic heterocycles. The lowest BCUT2D eigenvalue weighted by atomic mass is 9.67. The Bertz CT molecular complexity index is 1530. The van der Waals surface area contributed by atoms with E-state index in [0.717, 1.165) is 43.5 Å². The molecule has 4 aromatic rings. The smallest absolute Gasteiger partial charge is 0.290 e. The third-order valence-corrected chi connectivity index (χ3v) is 7.55. The van der Waals surface area contributed by atoms with Crippen LogP contribution in [0.15, 0.2) is 77.6 Å². The highest BCUT2D eigenvalue weighted by Gasteiger charge is 2.37. The number of phenols is 2. The molecule has 1 fully saturated rings. The zero-order valence-electron chi connectivity index (χ0n) is 23.6. The number of rotatable bonds is 8. The van der Waals surface area contributed by atoms with Gasteiger partial charge in [0.05, 0.1) is 11.6 Å². The Balaban J connectivity index is 0.000000780. The lowest BCUT2D eigenvalue weighted by Crippen LogP contribution is -2.40. The zero-order chi connectivity index (χ0) is 31.2. The molecule has 0 aliphatic carbocycles. The largest absolute Gasteiger partial charge is 0.508 e. The topological polar surface area (TPSA) is 192 Å². The minimum atomic E-state index is -0.805. The van der Waals surface area contributed by atoms with E-state index in [4.69, 9.17) is 19.8 Å². The van der Waals surface area contributed by atoms with E-state index in [1.807, 2.05) is 12.1 Å². The number of H-pyrrole nitrogens is 1. The van der Waals surface area contributed by atoms with Gasteiger partial charge in [-0.15, -0.1) is 0 Å². The summed E-state index contributed by atoms with van der Waals surface area (Å²) in [6.07, 6.45) is 1.78. The summed E-state index contributed by atoms with van der Waals surface area (Å²) in [5.41, 5.74) is 3.76. The third kappa shape index (κ3) is 8.19. The van der Waals surface area contributed by atoms with E-state index in [-0.39, 0.29) is 29.7 Å².